The second-order valence-electron chi connectivity index (χ2n) is 10.0. The summed E-state index contributed by atoms with van der Waals surface area (Å²) in [6.07, 6.45) is 9.46. The van der Waals surface area contributed by atoms with Crippen molar-refractivity contribution in [3.05, 3.63) is 59.3 Å². The van der Waals surface area contributed by atoms with Gasteiger partial charge in [-0.1, -0.05) is 37.5 Å². The first kappa shape index (κ1) is 25.5. The summed E-state index contributed by atoms with van der Waals surface area (Å²) >= 11 is 0. The zero-order valence-corrected chi connectivity index (χ0v) is 22.5. The molecule has 1 aliphatic rings. The number of fused-ring (bicyclic) bond motifs is 2. The van der Waals surface area contributed by atoms with Gasteiger partial charge in [0.05, 0.1) is 36.7 Å². The van der Waals surface area contributed by atoms with E-state index in [-0.39, 0.29) is 12.6 Å². The molecule has 196 valence electrons. The lowest BCUT2D eigenvalue weighted by atomic mass is 9.81. The fraction of sp³-hybridized carbons (Fsp3) is 0.414. The third kappa shape index (κ3) is 5.05. The molecule has 2 aromatic heterocycles. The van der Waals surface area contributed by atoms with E-state index in [0.717, 1.165) is 46.8 Å². The number of hydrogen-bond donors (Lipinski definition) is 1. The second kappa shape index (κ2) is 10.3. The van der Waals surface area contributed by atoms with Crippen LogP contribution in [0.5, 0.6) is 0 Å². The highest BCUT2D eigenvalue weighted by Crippen LogP contribution is 2.46. The summed E-state index contributed by atoms with van der Waals surface area (Å²) in [7, 11) is -2.13. The average Bonchev–Trinajstić information content (AvgIpc) is 3.50. The monoisotopic (exact) mass is 522 g/mol. The Morgan fingerprint density at radius 1 is 1.08 bits per heavy atom. The summed E-state index contributed by atoms with van der Waals surface area (Å²) in [5.41, 5.74) is 7.31. The molecule has 0 spiro atoms. The summed E-state index contributed by atoms with van der Waals surface area (Å²) in [5.74, 6) is 0.0352. The SMILES string of the molecule is COC(=O)c1ccc2c(C3CCCCC3)c(-c3ccc(C)c4cc[nH]c34)n(CCCOS(C)(=O)=O)c2c1. The molecule has 0 bridgehead atoms. The van der Waals surface area contributed by atoms with E-state index >= 15 is 0 Å². The van der Waals surface area contributed by atoms with Crippen LogP contribution in [-0.2, 0) is 25.6 Å². The van der Waals surface area contributed by atoms with Gasteiger partial charge in [0.1, 0.15) is 0 Å². The summed E-state index contributed by atoms with van der Waals surface area (Å²) in [6, 6.07) is 12.3. The van der Waals surface area contributed by atoms with Gasteiger partial charge in [-0.3, -0.25) is 4.18 Å². The zero-order valence-electron chi connectivity index (χ0n) is 21.7. The molecule has 7 nitrogen and oxygen atoms in total. The van der Waals surface area contributed by atoms with Crippen molar-refractivity contribution in [2.45, 2.75) is 57.9 Å². The van der Waals surface area contributed by atoms with Crippen LogP contribution < -0.4 is 0 Å². The lowest BCUT2D eigenvalue weighted by Crippen LogP contribution is -2.10. The summed E-state index contributed by atoms with van der Waals surface area (Å²) in [4.78, 5) is 15.9. The molecular formula is C29H34N2O5S. The minimum absolute atomic E-state index is 0.0964. The number of hydrogen-bond acceptors (Lipinski definition) is 5. The van der Waals surface area contributed by atoms with Gasteiger partial charge in [0.2, 0.25) is 0 Å². The van der Waals surface area contributed by atoms with E-state index in [4.69, 9.17) is 8.92 Å². The number of methoxy groups -OCH3 is 1. The maximum Gasteiger partial charge on any atom is 0.337 e. The number of aryl methyl sites for hydroxylation is 2. The standard InChI is InChI=1S/C29H34N2O5S/c1-19-10-12-24(27-22(19)14-15-30-27)28-26(20-8-5-4-6-9-20)23-13-11-21(29(32)35-2)18-25(23)31(28)16-7-17-36-37(3,33)34/h10-15,18,20,30H,4-9,16-17H2,1-3H3. The number of benzene rings is 2. The number of carbonyl (C=O) groups is 1. The molecule has 1 aliphatic carbocycles. The van der Waals surface area contributed by atoms with E-state index in [9.17, 15) is 13.2 Å². The van der Waals surface area contributed by atoms with Crippen LogP contribution in [0.2, 0.25) is 0 Å². The number of carbonyl (C=O) groups excluding carboxylic acids is 1. The molecule has 2 aromatic carbocycles. The predicted octanol–water partition coefficient (Wildman–Crippen LogP) is 6.30. The first-order valence-corrected chi connectivity index (χ1v) is 14.8. The smallest absolute Gasteiger partial charge is 0.337 e. The largest absolute Gasteiger partial charge is 0.465 e. The van der Waals surface area contributed by atoms with Gasteiger partial charge >= 0.3 is 5.97 Å². The molecule has 0 amide bonds. The molecule has 1 N–H and O–H groups in total. The Labute approximate surface area is 217 Å². The molecule has 0 aliphatic heterocycles. The molecule has 2 heterocycles. The Bertz CT molecular complexity index is 1560. The van der Waals surface area contributed by atoms with Crippen molar-refractivity contribution in [2.75, 3.05) is 20.0 Å². The van der Waals surface area contributed by atoms with Gasteiger partial charge in [-0.25, -0.2) is 4.79 Å². The van der Waals surface area contributed by atoms with Crippen LogP contribution in [0.15, 0.2) is 42.6 Å². The molecule has 0 unspecified atom stereocenters. The maximum absolute atomic E-state index is 12.5. The number of nitrogens with zero attached hydrogens (tertiary/aromatic N) is 1. The van der Waals surface area contributed by atoms with Crippen molar-refractivity contribution < 1.29 is 22.1 Å². The van der Waals surface area contributed by atoms with E-state index in [1.165, 1.54) is 42.9 Å². The fourth-order valence-electron chi connectivity index (χ4n) is 5.88. The fourth-order valence-corrected chi connectivity index (χ4v) is 6.30. The van der Waals surface area contributed by atoms with Crippen LogP contribution >= 0.6 is 0 Å². The highest BCUT2D eigenvalue weighted by atomic mass is 32.2. The summed E-state index contributed by atoms with van der Waals surface area (Å²) in [5, 5.41) is 2.32. The summed E-state index contributed by atoms with van der Waals surface area (Å²) in [6.45, 7) is 2.76. The summed E-state index contributed by atoms with van der Waals surface area (Å²) < 4.78 is 35.5. The van der Waals surface area contributed by atoms with Crippen LogP contribution in [-0.4, -0.2) is 43.9 Å². The van der Waals surface area contributed by atoms with Crippen molar-refractivity contribution in [3.8, 4) is 11.3 Å². The number of aromatic nitrogens is 2. The maximum atomic E-state index is 12.5. The first-order chi connectivity index (χ1) is 17.8. The van der Waals surface area contributed by atoms with Crippen LogP contribution in [0.25, 0.3) is 33.1 Å². The van der Waals surface area contributed by atoms with Gasteiger partial charge in [0, 0.05) is 34.6 Å². The van der Waals surface area contributed by atoms with Crippen molar-refractivity contribution in [3.63, 3.8) is 0 Å². The van der Waals surface area contributed by atoms with E-state index in [1.807, 2.05) is 18.3 Å². The van der Waals surface area contributed by atoms with Gasteiger partial charge in [0.25, 0.3) is 10.1 Å². The van der Waals surface area contributed by atoms with E-state index < -0.39 is 10.1 Å². The quantitative estimate of drug-likeness (QED) is 0.167. The number of nitrogens with one attached hydrogen (secondary N) is 1. The van der Waals surface area contributed by atoms with Crippen LogP contribution in [0.1, 0.15) is 65.9 Å². The molecular weight excluding hydrogens is 488 g/mol. The number of rotatable bonds is 8. The Morgan fingerprint density at radius 2 is 1.86 bits per heavy atom. The van der Waals surface area contributed by atoms with Crippen molar-refractivity contribution in [2.24, 2.45) is 0 Å². The highest BCUT2D eigenvalue weighted by Gasteiger charge is 2.28. The molecule has 1 fully saturated rings. The van der Waals surface area contributed by atoms with Crippen LogP contribution in [0.3, 0.4) is 0 Å². The predicted molar refractivity (Wildman–Crippen MR) is 147 cm³/mol. The molecule has 4 aromatic rings. The van der Waals surface area contributed by atoms with E-state index in [1.54, 1.807) is 0 Å². The highest BCUT2D eigenvalue weighted by molar-refractivity contribution is 7.85. The Balaban J connectivity index is 1.76. The number of H-pyrrole nitrogens is 1. The molecule has 0 saturated heterocycles. The minimum Gasteiger partial charge on any atom is -0.465 e. The van der Waals surface area contributed by atoms with Crippen LogP contribution in [0, 0.1) is 6.92 Å². The van der Waals surface area contributed by atoms with Gasteiger partial charge in [-0.2, -0.15) is 8.42 Å². The molecule has 0 radical (unpaired) electrons. The normalized spacial score (nSPS) is 15.0. The van der Waals surface area contributed by atoms with E-state index in [0.29, 0.717) is 24.4 Å². The zero-order chi connectivity index (χ0) is 26.2. The van der Waals surface area contributed by atoms with Gasteiger partial charge in [-0.05, 0) is 61.4 Å². The molecule has 5 rings (SSSR count). The Hall–Kier alpha value is -3.10. The van der Waals surface area contributed by atoms with Crippen LogP contribution in [0.4, 0.5) is 0 Å². The van der Waals surface area contributed by atoms with Crippen molar-refractivity contribution >= 4 is 37.9 Å². The van der Waals surface area contributed by atoms with Gasteiger partial charge < -0.3 is 14.3 Å². The third-order valence-electron chi connectivity index (χ3n) is 7.56. The molecule has 0 atom stereocenters. The van der Waals surface area contributed by atoms with Crippen molar-refractivity contribution in [1.29, 1.82) is 0 Å². The molecule has 8 heteroatoms. The Kier molecular flexibility index (Phi) is 7.14. The average molecular weight is 523 g/mol. The number of esters is 1. The lowest BCUT2D eigenvalue weighted by molar-refractivity contribution is 0.0601. The number of aromatic amines is 1. The Morgan fingerprint density at radius 3 is 2.59 bits per heavy atom. The number of ether oxygens (including phenoxy) is 1. The molecule has 37 heavy (non-hydrogen) atoms. The second-order valence-corrected chi connectivity index (χ2v) is 11.7. The third-order valence-corrected chi connectivity index (χ3v) is 8.15. The lowest BCUT2D eigenvalue weighted by Gasteiger charge is -2.24. The minimum atomic E-state index is -3.52. The van der Waals surface area contributed by atoms with Crippen molar-refractivity contribution in [1.82, 2.24) is 9.55 Å². The topological polar surface area (TPSA) is 90.4 Å². The molecule has 1 saturated carbocycles. The first-order valence-electron chi connectivity index (χ1n) is 12.9. The van der Waals surface area contributed by atoms with E-state index in [2.05, 4.69) is 40.7 Å². The van der Waals surface area contributed by atoms with Gasteiger partial charge in [0.15, 0.2) is 0 Å². The van der Waals surface area contributed by atoms with Gasteiger partial charge in [-0.15, -0.1) is 0 Å².